The molecule has 4 rings (SSSR count). The molecule has 0 unspecified atom stereocenters. The van der Waals surface area contributed by atoms with Gasteiger partial charge < -0.3 is 4.74 Å². The molecule has 150 valence electrons. The Morgan fingerprint density at radius 1 is 1.30 bits per heavy atom. The molecule has 3 aliphatic heterocycles. The van der Waals surface area contributed by atoms with Crippen molar-refractivity contribution < 1.29 is 13.2 Å². The number of alkyl halides is 1. The van der Waals surface area contributed by atoms with Gasteiger partial charge in [-0.2, -0.15) is 4.31 Å². The van der Waals surface area contributed by atoms with Crippen LogP contribution in [0.4, 0.5) is 0 Å². The van der Waals surface area contributed by atoms with Gasteiger partial charge in [-0.1, -0.05) is 6.07 Å². The number of fused-ring (bicyclic) bond motifs is 4. The number of hydrogen-bond acceptors (Lipinski definition) is 4. The van der Waals surface area contributed by atoms with E-state index in [9.17, 15) is 8.42 Å². The molecule has 1 aromatic rings. The van der Waals surface area contributed by atoms with Crippen LogP contribution in [0.2, 0.25) is 0 Å². The third-order valence-electron chi connectivity index (χ3n) is 6.52. The Morgan fingerprint density at radius 2 is 2.15 bits per heavy atom. The first-order valence-electron chi connectivity index (χ1n) is 10.00. The van der Waals surface area contributed by atoms with Crippen molar-refractivity contribution in [2.24, 2.45) is 5.92 Å². The number of benzene rings is 1. The number of hydrogen-bond donors (Lipinski definition) is 0. The lowest BCUT2D eigenvalue weighted by Crippen LogP contribution is -2.57. The predicted molar refractivity (Wildman–Crippen MR) is 108 cm³/mol. The number of piperidine rings is 2. The number of nitrogens with zero attached hydrogens (tertiary/aromatic N) is 2. The molecule has 7 heteroatoms. The van der Waals surface area contributed by atoms with Crippen LogP contribution in [0.3, 0.4) is 0 Å². The van der Waals surface area contributed by atoms with Gasteiger partial charge in [-0.3, -0.25) is 4.90 Å². The van der Waals surface area contributed by atoms with E-state index in [1.807, 2.05) is 10.4 Å². The van der Waals surface area contributed by atoms with Crippen LogP contribution in [0.25, 0.3) is 0 Å². The first-order chi connectivity index (χ1) is 13.0. The zero-order chi connectivity index (χ0) is 19.0. The normalized spacial score (nSPS) is 28.9. The van der Waals surface area contributed by atoms with Gasteiger partial charge in [-0.25, -0.2) is 8.42 Å². The second kappa shape index (κ2) is 7.90. The van der Waals surface area contributed by atoms with Crippen LogP contribution in [0.15, 0.2) is 18.2 Å². The molecule has 0 aromatic heterocycles. The smallest absolute Gasteiger partial charge is 0.214 e. The lowest BCUT2D eigenvalue weighted by molar-refractivity contribution is 0.0219. The van der Waals surface area contributed by atoms with Gasteiger partial charge in [-0.15, -0.1) is 11.6 Å². The summed E-state index contributed by atoms with van der Waals surface area (Å²) in [5, 5.41) is 0. The predicted octanol–water partition coefficient (Wildman–Crippen LogP) is 3.04. The van der Waals surface area contributed by atoms with Crippen LogP contribution in [0.5, 0.6) is 5.75 Å². The Hall–Kier alpha value is -0.820. The summed E-state index contributed by atoms with van der Waals surface area (Å²) < 4.78 is 33.1. The molecule has 2 fully saturated rings. The number of rotatable bonds is 5. The Balaban J connectivity index is 1.62. The summed E-state index contributed by atoms with van der Waals surface area (Å²) in [4.78, 5) is 2.57. The largest absolute Gasteiger partial charge is 0.497 e. The van der Waals surface area contributed by atoms with Crippen molar-refractivity contribution in [3.63, 3.8) is 0 Å². The summed E-state index contributed by atoms with van der Waals surface area (Å²) in [6, 6.07) is 6.75. The molecule has 3 aliphatic rings. The second-order valence-electron chi connectivity index (χ2n) is 8.00. The van der Waals surface area contributed by atoms with Gasteiger partial charge in [0.05, 0.1) is 12.9 Å². The lowest BCUT2D eigenvalue weighted by Gasteiger charge is -2.51. The highest BCUT2D eigenvalue weighted by Crippen LogP contribution is 2.44. The summed E-state index contributed by atoms with van der Waals surface area (Å²) >= 11 is 5.76. The van der Waals surface area contributed by atoms with Crippen molar-refractivity contribution in [1.82, 2.24) is 9.21 Å². The van der Waals surface area contributed by atoms with Crippen LogP contribution in [-0.2, 0) is 16.4 Å². The monoisotopic (exact) mass is 412 g/mol. The summed E-state index contributed by atoms with van der Waals surface area (Å²) in [6.07, 6.45) is 4.55. The molecule has 0 bridgehead atoms. The average Bonchev–Trinajstić information content (AvgIpc) is 2.69. The van der Waals surface area contributed by atoms with Gasteiger partial charge in [0.25, 0.3) is 0 Å². The Kier molecular flexibility index (Phi) is 5.70. The van der Waals surface area contributed by atoms with Crippen molar-refractivity contribution in [3.8, 4) is 5.75 Å². The van der Waals surface area contributed by atoms with Crippen molar-refractivity contribution in [3.05, 3.63) is 29.3 Å². The molecule has 0 radical (unpaired) electrons. The Bertz CT molecular complexity index is 785. The van der Waals surface area contributed by atoms with Gasteiger partial charge in [0.15, 0.2) is 0 Å². The number of ether oxygens (including phenoxy) is 1. The second-order valence-corrected chi connectivity index (χ2v) is 10.4. The molecule has 0 aliphatic carbocycles. The molecule has 0 spiro atoms. The van der Waals surface area contributed by atoms with Crippen molar-refractivity contribution in [1.29, 1.82) is 0 Å². The van der Waals surface area contributed by atoms with E-state index in [-0.39, 0.29) is 17.8 Å². The lowest BCUT2D eigenvalue weighted by atomic mass is 9.77. The first kappa shape index (κ1) is 19.5. The van der Waals surface area contributed by atoms with E-state index in [1.54, 1.807) is 7.11 Å². The summed E-state index contributed by atoms with van der Waals surface area (Å²) in [7, 11) is -1.54. The third kappa shape index (κ3) is 3.74. The Labute approximate surface area is 167 Å². The van der Waals surface area contributed by atoms with E-state index in [4.69, 9.17) is 16.3 Å². The minimum absolute atomic E-state index is 0.109. The highest BCUT2D eigenvalue weighted by atomic mass is 35.5. The van der Waals surface area contributed by atoms with Gasteiger partial charge in [0, 0.05) is 37.6 Å². The van der Waals surface area contributed by atoms with Crippen molar-refractivity contribution in [2.45, 2.75) is 44.2 Å². The Morgan fingerprint density at radius 3 is 2.93 bits per heavy atom. The molecule has 0 saturated carbocycles. The zero-order valence-corrected chi connectivity index (χ0v) is 17.5. The molecule has 3 heterocycles. The van der Waals surface area contributed by atoms with Crippen LogP contribution >= 0.6 is 11.6 Å². The van der Waals surface area contributed by atoms with E-state index >= 15 is 0 Å². The fourth-order valence-electron chi connectivity index (χ4n) is 5.20. The number of methoxy groups -OCH3 is 1. The summed E-state index contributed by atoms with van der Waals surface area (Å²) in [6.45, 7) is 2.71. The topological polar surface area (TPSA) is 49.9 Å². The van der Waals surface area contributed by atoms with Gasteiger partial charge in [0.2, 0.25) is 10.0 Å². The van der Waals surface area contributed by atoms with Crippen LogP contribution < -0.4 is 4.74 Å². The third-order valence-corrected chi connectivity index (χ3v) is 8.76. The zero-order valence-electron chi connectivity index (χ0n) is 15.9. The SMILES string of the molecule is COc1ccc2c(c1)[C@@H]1C[C@@H]3[C@@H](CCCN3S(=O)(=O)CCCCl)CN1CC2. The maximum absolute atomic E-state index is 12.9. The fraction of sp³-hybridized carbons (Fsp3) is 0.700. The molecular formula is C20H29ClN2O3S. The summed E-state index contributed by atoms with van der Waals surface area (Å²) in [5.74, 6) is 1.88. The molecule has 1 aromatic carbocycles. The van der Waals surface area contributed by atoms with Gasteiger partial charge in [0.1, 0.15) is 5.75 Å². The molecular weight excluding hydrogens is 384 g/mol. The van der Waals surface area contributed by atoms with E-state index in [0.717, 1.165) is 44.5 Å². The first-order valence-corrected chi connectivity index (χ1v) is 12.1. The molecule has 5 nitrogen and oxygen atoms in total. The van der Waals surface area contributed by atoms with E-state index < -0.39 is 10.0 Å². The minimum Gasteiger partial charge on any atom is -0.497 e. The quantitative estimate of drug-likeness (QED) is 0.697. The molecule has 27 heavy (non-hydrogen) atoms. The van der Waals surface area contributed by atoms with Crippen molar-refractivity contribution >= 4 is 21.6 Å². The van der Waals surface area contributed by atoms with Gasteiger partial charge in [-0.05, 0) is 61.3 Å². The van der Waals surface area contributed by atoms with Crippen LogP contribution in [-0.4, -0.2) is 62.0 Å². The fourth-order valence-corrected chi connectivity index (χ4v) is 7.32. The molecule has 3 atom stereocenters. The maximum atomic E-state index is 12.9. The molecule has 0 N–H and O–H groups in total. The van der Waals surface area contributed by atoms with Crippen LogP contribution in [0.1, 0.15) is 42.9 Å². The van der Waals surface area contributed by atoms with Crippen molar-refractivity contribution in [2.75, 3.05) is 38.4 Å². The average molecular weight is 413 g/mol. The van der Waals surface area contributed by atoms with E-state index in [2.05, 4.69) is 17.0 Å². The van der Waals surface area contributed by atoms with Crippen LogP contribution in [0, 0.1) is 5.92 Å². The minimum atomic E-state index is -3.24. The number of halogens is 1. The van der Waals surface area contributed by atoms with E-state index in [0.29, 0.717) is 24.8 Å². The van der Waals surface area contributed by atoms with E-state index in [1.165, 1.54) is 11.1 Å². The highest BCUT2D eigenvalue weighted by Gasteiger charge is 2.45. The molecule has 2 saturated heterocycles. The maximum Gasteiger partial charge on any atom is 0.214 e. The molecule has 0 amide bonds. The highest BCUT2D eigenvalue weighted by molar-refractivity contribution is 7.89. The summed E-state index contributed by atoms with van der Waals surface area (Å²) in [5.41, 5.74) is 2.70. The van der Waals surface area contributed by atoms with Gasteiger partial charge >= 0.3 is 0 Å². The number of sulfonamides is 1. The standard InChI is InChI=1S/C20H29ClN2O3S/c1-26-17-6-5-15-7-10-22-14-16-4-2-9-23(27(24,25)11-3-8-21)19(16)13-20(22)18(15)12-17/h5-6,12,16,19-20H,2-4,7-11,13-14H2,1H3/t16-,19+,20-/m0/s1.